The van der Waals surface area contributed by atoms with Crippen LogP contribution in [0.15, 0.2) is 47.6 Å². The molecule has 0 aliphatic rings. The van der Waals surface area contributed by atoms with Crippen molar-refractivity contribution in [2.75, 3.05) is 0 Å². The molecule has 0 aromatic heterocycles. The van der Waals surface area contributed by atoms with Crippen molar-refractivity contribution < 1.29 is 14.7 Å². The summed E-state index contributed by atoms with van der Waals surface area (Å²) in [6.45, 7) is -0.0936. The number of halogens is 1. The highest BCUT2D eigenvalue weighted by Crippen LogP contribution is 2.16. The van der Waals surface area contributed by atoms with Gasteiger partial charge in [-0.15, -0.1) is 0 Å². The average Bonchev–Trinajstić information content (AvgIpc) is 2.43. The first-order chi connectivity index (χ1) is 9.22. The number of rotatable bonds is 4. The molecule has 0 atom stereocenters. The highest BCUT2D eigenvalue weighted by molar-refractivity contribution is 5.79. The summed E-state index contributed by atoms with van der Waals surface area (Å²) in [5.74, 6) is -0.263. The van der Waals surface area contributed by atoms with E-state index in [1.165, 1.54) is 18.3 Å². The van der Waals surface area contributed by atoms with Crippen molar-refractivity contribution in [2.45, 2.75) is 13.0 Å². The van der Waals surface area contributed by atoms with Gasteiger partial charge < -0.3 is 10.3 Å². The predicted molar refractivity (Wildman–Crippen MR) is 71.0 cm³/mol. The molecule has 0 amide bonds. The number of oxime groups is 1. The molecule has 0 aliphatic heterocycles. The minimum atomic E-state index is -0.263. The lowest BCUT2D eigenvalue weighted by molar-refractivity contribution is 0.280. The van der Waals surface area contributed by atoms with E-state index in [0.29, 0.717) is 6.42 Å². The molecular weight excluding hydrogens is 245 g/mol. The molecule has 0 radical (unpaired) electrons. The van der Waals surface area contributed by atoms with E-state index in [4.69, 9.17) is 5.21 Å². The second-order valence-electron chi connectivity index (χ2n) is 4.23. The number of aliphatic hydroxyl groups is 1. The largest absolute Gasteiger partial charge is 0.411 e. The molecule has 98 valence electrons. The lowest BCUT2D eigenvalue weighted by atomic mass is 9.98. The summed E-state index contributed by atoms with van der Waals surface area (Å²) < 4.78 is 12.8. The van der Waals surface area contributed by atoms with Crippen molar-refractivity contribution in [3.63, 3.8) is 0 Å². The Morgan fingerprint density at radius 3 is 2.42 bits per heavy atom. The average molecular weight is 259 g/mol. The third-order valence-electron chi connectivity index (χ3n) is 2.92. The molecule has 3 nitrogen and oxygen atoms in total. The summed E-state index contributed by atoms with van der Waals surface area (Å²) in [5.41, 5.74) is 3.42. The van der Waals surface area contributed by atoms with Crippen molar-refractivity contribution in [3.05, 3.63) is 70.5 Å². The van der Waals surface area contributed by atoms with Gasteiger partial charge in [-0.3, -0.25) is 0 Å². The van der Waals surface area contributed by atoms with E-state index in [1.807, 2.05) is 6.07 Å². The van der Waals surface area contributed by atoms with Crippen LogP contribution in [0.25, 0.3) is 0 Å². The molecule has 0 saturated carbocycles. The zero-order chi connectivity index (χ0) is 13.7. The lowest BCUT2D eigenvalue weighted by Gasteiger charge is -2.08. The van der Waals surface area contributed by atoms with E-state index in [0.717, 1.165) is 22.3 Å². The SMILES string of the molecule is OCc1cc(C=NO)ccc1Cc1ccc(F)cc1. The van der Waals surface area contributed by atoms with Gasteiger partial charge in [-0.2, -0.15) is 0 Å². The maximum atomic E-state index is 12.8. The van der Waals surface area contributed by atoms with Crippen LogP contribution in [0.5, 0.6) is 0 Å². The summed E-state index contributed by atoms with van der Waals surface area (Å²) in [6.07, 6.45) is 1.92. The van der Waals surface area contributed by atoms with Crippen molar-refractivity contribution in [1.29, 1.82) is 0 Å². The first-order valence-electron chi connectivity index (χ1n) is 5.87. The number of aliphatic hydroxyl groups excluding tert-OH is 1. The Morgan fingerprint density at radius 1 is 1.05 bits per heavy atom. The van der Waals surface area contributed by atoms with Crippen LogP contribution in [0.2, 0.25) is 0 Å². The van der Waals surface area contributed by atoms with Crippen LogP contribution < -0.4 is 0 Å². The normalized spacial score (nSPS) is 11.1. The molecular formula is C15H14FNO2. The summed E-state index contributed by atoms with van der Waals surface area (Å²) in [5, 5.41) is 20.8. The number of hydrogen-bond donors (Lipinski definition) is 2. The second-order valence-corrected chi connectivity index (χ2v) is 4.23. The zero-order valence-electron chi connectivity index (χ0n) is 10.3. The van der Waals surface area contributed by atoms with E-state index >= 15 is 0 Å². The Kier molecular flexibility index (Phi) is 4.26. The monoisotopic (exact) mass is 259 g/mol. The van der Waals surface area contributed by atoms with E-state index in [1.54, 1.807) is 24.3 Å². The van der Waals surface area contributed by atoms with E-state index < -0.39 is 0 Å². The molecule has 0 unspecified atom stereocenters. The topological polar surface area (TPSA) is 52.8 Å². The minimum absolute atomic E-state index is 0.0936. The fraction of sp³-hybridized carbons (Fsp3) is 0.133. The first-order valence-corrected chi connectivity index (χ1v) is 5.87. The Hall–Kier alpha value is -2.20. The Balaban J connectivity index is 2.26. The molecule has 4 heteroatoms. The van der Waals surface area contributed by atoms with Gasteiger partial charge in [-0.25, -0.2) is 4.39 Å². The van der Waals surface area contributed by atoms with Gasteiger partial charge in [0.2, 0.25) is 0 Å². The smallest absolute Gasteiger partial charge is 0.123 e. The van der Waals surface area contributed by atoms with Crippen LogP contribution >= 0.6 is 0 Å². The summed E-state index contributed by atoms with van der Waals surface area (Å²) in [7, 11) is 0. The highest BCUT2D eigenvalue weighted by atomic mass is 19.1. The van der Waals surface area contributed by atoms with E-state index in [2.05, 4.69) is 5.16 Å². The van der Waals surface area contributed by atoms with Gasteiger partial charge in [0.1, 0.15) is 5.82 Å². The second kappa shape index (κ2) is 6.11. The molecule has 0 aliphatic carbocycles. The number of nitrogens with zero attached hydrogens (tertiary/aromatic N) is 1. The summed E-state index contributed by atoms with van der Waals surface area (Å²) >= 11 is 0. The van der Waals surface area contributed by atoms with Gasteiger partial charge >= 0.3 is 0 Å². The summed E-state index contributed by atoms with van der Waals surface area (Å²) in [4.78, 5) is 0. The molecule has 0 saturated heterocycles. The Morgan fingerprint density at radius 2 is 1.79 bits per heavy atom. The van der Waals surface area contributed by atoms with Gasteiger partial charge in [0.05, 0.1) is 12.8 Å². The zero-order valence-corrected chi connectivity index (χ0v) is 10.3. The molecule has 0 bridgehead atoms. The van der Waals surface area contributed by atoms with E-state index in [9.17, 15) is 9.50 Å². The molecule has 2 N–H and O–H groups in total. The van der Waals surface area contributed by atoms with Gasteiger partial charge in [0.25, 0.3) is 0 Å². The van der Waals surface area contributed by atoms with Gasteiger partial charge in [0.15, 0.2) is 0 Å². The van der Waals surface area contributed by atoms with Crippen LogP contribution in [-0.4, -0.2) is 16.5 Å². The maximum Gasteiger partial charge on any atom is 0.123 e. The minimum Gasteiger partial charge on any atom is -0.411 e. The summed E-state index contributed by atoms with van der Waals surface area (Å²) in [6, 6.07) is 11.7. The molecule has 0 spiro atoms. The van der Waals surface area contributed by atoms with Gasteiger partial charge in [-0.1, -0.05) is 29.4 Å². The lowest BCUT2D eigenvalue weighted by Crippen LogP contribution is -1.97. The predicted octanol–water partition coefficient (Wildman–Crippen LogP) is 2.72. The third kappa shape index (κ3) is 3.39. The molecule has 2 aromatic carbocycles. The molecule has 19 heavy (non-hydrogen) atoms. The third-order valence-corrected chi connectivity index (χ3v) is 2.92. The van der Waals surface area contributed by atoms with Gasteiger partial charge in [0, 0.05) is 0 Å². The van der Waals surface area contributed by atoms with Crippen LogP contribution in [0, 0.1) is 5.82 Å². The van der Waals surface area contributed by atoms with Crippen LogP contribution in [0.3, 0.4) is 0 Å². The van der Waals surface area contributed by atoms with Crippen molar-refractivity contribution in [3.8, 4) is 0 Å². The van der Waals surface area contributed by atoms with Crippen molar-refractivity contribution in [2.24, 2.45) is 5.16 Å². The fourth-order valence-electron chi connectivity index (χ4n) is 1.93. The molecule has 0 heterocycles. The van der Waals surface area contributed by atoms with Crippen molar-refractivity contribution in [1.82, 2.24) is 0 Å². The van der Waals surface area contributed by atoms with Gasteiger partial charge in [-0.05, 0) is 46.9 Å². The number of hydrogen-bond acceptors (Lipinski definition) is 3. The number of benzene rings is 2. The molecule has 2 rings (SSSR count). The molecule has 2 aromatic rings. The maximum absolute atomic E-state index is 12.8. The Bertz CT molecular complexity index is 579. The Labute approximate surface area is 110 Å². The first kappa shape index (κ1) is 13.2. The van der Waals surface area contributed by atoms with Crippen molar-refractivity contribution >= 4 is 6.21 Å². The van der Waals surface area contributed by atoms with Crippen LogP contribution in [0.4, 0.5) is 4.39 Å². The fourth-order valence-corrected chi connectivity index (χ4v) is 1.93. The molecule has 0 fully saturated rings. The standard InChI is InChI=1S/C15H14FNO2/c16-15-5-2-11(3-6-15)7-13-4-1-12(9-17-19)8-14(13)10-18/h1-6,8-9,18-19H,7,10H2. The van der Waals surface area contributed by atoms with Crippen LogP contribution in [-0.2, 0) is 13.0 Å². The van der Waals surface area contributed by atoms with Crippen LogP contribution in [0.1, 0.15) is 22.3 Å². The van der Waals surface area contributed by atoms with E-state index in [-0.39, 0.29) is 12.4 Å². The highest BCUT2D eigenvalue weighted by Gasteiger charge is 2.04. The quantitative estimate of drug-likeness (QED) is 0.504.